The minimum atomic E-state index is -1.05. The Balaban J connectivity index is 1.89. The van der Waals surface area contributed by atoms with E-state index < -0.39 is 11.5 Å². The molecule has 2 rings (SSSR count). The van der Waals surface area contributed by atoms with Crippen LogP contribution in [0.4, 0.5) is 0 Å². The number of carboxylic acids is 1. The van der Waals surface area contributed by atoms with Crippen LogP contribution in [0.25, 0.3) is 0 Å². The number of hydrogen-bond acceptors (Lipinski definition) is 3. The van der Waals surface area contributed by atoms with Crippen LogP contribution in [0, 0.1) is 0 Å². The second-order valence-corrected chi connectivity index (χ2v) is 6.77. The van der Waals surface area contributed by atoms with E-state index in [0.29, 0.717) is 23.7 Å². The van der Waals surface area contributed by atoms with Crippen molar-refractivity contribution in [2.75, 3.05) is 12.3 Å². The Bertz CT molecular complexity index is 551. The number of carbonyl (C=O) groups excluding carboxylic acids is 1. The molecule has 1 unspecified atom stereocenters. The monoisotopic (exact) mass is 327 g/mol. The van der Waals surface area contributed by atoms with Crippen molar-refractivity contribution < 1.29 is 14.7 Å². The van der Waals surface area contributed by atoms with Gasteiger partial charge in [0, 0.05) is 17.3 Å². The Morgan fingerprint density at radius 2 is 2.24 bits per heavy atom. The van der Waals surface area contributed by atoms with Crippen molar-refractivity contribution in [2.45, 2.75) is 31.1 Å². The van der Waals surface area contributed by atoms with E-state index in [9.17, 15) is 14.7 Å². The Labute approximate surface area is 133 Å². The van der Waals surface area contributed by atoms with Gasteiger partial charge in [-0.05, 0) is 37.5 Å². The second kappa shape index (κ2) is 6.71. The van der Waals surface area contributed by atoms with Crippen LogP contribution >= 0.6 is 23.4 Å². The molecule has 0 saturated carbocycles. The summed E-state index contributed by atoms with van der Waals surface area (Å²) in [4.78, 5) is 25.1. The first-order valence-corrected chi connectivity index (χ1v) is 8.33. The van der Waals surface area contributed by atoms with Crippen LogP contribution in [0.3, 0.4) is 0 Å². The fourth-order valence-electron chi connectivity index (χ4n) is 2.55. The van der Waals surface area contributed by atoms with Crippen LogP contribution in [0.5, 0.6) is 0 Å². The fourth-order valence-corrected chi connectivity index (χ4v) is 3.61. The summed E-state index contributed by atoms with van der Waals surface area (Å²) in [7, 11) is 0. The van der Waals surface area contributed by atoms with E-state index in [1.807, 2.05) is 24.3 Å². The molecule has 4 nitrogen and oxygen atoms in total. The zero-order valence-corrected chi connectivity index (χ0v) is 13.4. The third-order valence-electron chi connectivity index (χ3n) is 3.79. The van der Waals surface area contributed by atoms with Gasteiger partial charge in [0.1, 0.15) is 5.54 Å². The summed E-state index contributed by atoms with van der Waals surface area (Å²) in [6.45, 7) is 2.15. The smallest absolute Gasteiger partial charge is 0.329 e. The average Bonchev–Trinajstić information content (AvgIpc) is 2.82. The molecule has 1 saturated heterocycles. The second-order valence-electron chi connectivity index (χ2n) is 5.35. The van der Waals surface area contributed by atoms with Gasteiger partial charge >= 0.3 is 5.97 Å². The molecule has 1 N–H and O–H groups in total. The number of rotatable bonds is 5. The predicted octanol–water partition coefficient (Wildman–Crippen LogP) is 3.04. The molecule has 1 aromatic carbocycles. The molecule has 1 amide bonds. The molecule has 0 aromatic heterocycles. The first kappa shape index (κ1) is 16.2. The molecule has 0 spiro atoms. The van der Waals surface area contributed by atoms with Crippen molar-refractivity contribution in [1.82, 2.24) is 4.90 Å². The van der Waals surface area contributed by atoms with E-state index in [4.69, 9.17) is 11.6 Å². The van der Waals surface area contributed by atoms with Gasteiger partial charge in [-0.25, -0.2) is 4.79 Å². The van der Waals surface area contributed by atoms with Crippen molar-refractivity contribution in [2.24, 2.45) is 0 Å². The largest absolute Gasteiger partial charge is 0.480 e. The molecule has 1 aliphatic rings. The number of carboxylic acid groups (broad SMARTS) is 1. The highest BCUT2D eigenvalue weighted by Gasteiger charge is 2.45. The Hall–Kier alpha value is -1.20. The molecule has 114 valence electrons. The molecule has 1 atom stereocenters. The normalized spacial score (nSPS) is 21.5. The van der Waals surface area contributed by atoms with Gasteiger partial charge in [-0.2, -0.15) is 0 Å². The highest BCUT2D eigenvalue weighted by molar-refractivity contribution is 7.99. The number of likely N-dealkylation sites (tertiary alicyclic amines) is 1. The van der Waals surface area contributed by atoms with Crippen LogP contribution in [0.15, 0.2) is 24.3 Å². The van der Waals surface area contributed by atoms with E-state index in [2.05, 4.69) is 0 Å². The number of aliphatic carboxylic acids is 1. The van der Waals surface area contributed by atoms with Crippen molar-refractivity contribution in [1.29, 1.82) is 0 Å². The Morgan fingerprint density at radius 3 is 2.90 bits per heavy atom. The van der Waals surface area contributed by atoms with Crippen LogP contribution in [0.1, 0.15) is 25.3 Å². The van der Waals surface area contributed by atoms with Gasteiger partial charge in [0.05, 0.1) is 5.75 Å². The lowest BCUT2D eigenvalue weighted by Crippen LogP contribution is -2.51. The molecule has 1 aromatic rings. The van der Waals surface area contributed by atoms with Gasteiger partial charge in [-0.15, -0.1) is 11.8 Å². The van der Waals surface area contributed by atoms with E-state index in [-0.39, 0.29) is 11.7 Å². The molecule has 21 heavy (non-hydrogen) atoms. The van der Waals surface area contributed by atoms with E-state index >= 15 is 0 Å². The predicted molar refractivity (Wildman–Crippen MR) is 84.6 cm³/mol. The van der Waals surface area contributed by atoms with Gasteiger partial charge in [-0.1, -0.05) is 23.7 Å². The molecule has 1 heterocycles. The van der Waals surface area contributed by atoms with Gasteiger partial charge in [-0.3, -0.25) is 4.79 Å². The molecular weight excluding hydrogens is 310 g/mol. The lowest BCUT2D eigenvalue weighted by molar-refractivity contribution is -0.154. The zero-order valence-electron chi connectivity index (χ0n) is 11.8. The van der Waals surface area contributed by atoms with Crippen LogP contribution in [-0.4, -0.2) is 39.7 Å². The van der Waals surface area contributed by atoms with Crippen molar-refractivity contribution in [3.8, 4) is 0 Å². The number of amides is 1. The standard InChI is InChI=1S/C15H18ClNO3S/c1-15(14(19)20)6-3-7-17(15)13(18)10-21-9-11-4-2-5-12(16)8-11/h2,4-5,8H,3,6-7,9-10H2,1H3,(H,19,20). The van der Waals surface area contributed by atoms with Crippen LogP contribution in [-0.2, 0) is 15.3 Å². The summed E-state index contributed by atoms with van der Waals surface area (Å²) >= 11 is 7.39. The molecular formula is C15H18ClNO3S. The van der Waals surface area contributed by atoms with Gasteiger partial charge < -0.3 is 10.0 Å². The molecule has 6 heteroatoms. The fraction of sp³-hybridized carbons (Fsp3) is 0.467. The maximum atomic E-state index is 12.2. The van der Waals surface area contributed by atoms with Gasteiger partial charge in [0.15, 0.2) is 0 Å². The SMILES string of the molecule is CC1(C(=O)O)CCCN1C(=O)CSCc1cccc(Cl)c1. The van der Waals surface area contributed by atoms with Crippen LogP contribution in [0.2, 0.25) is 5.02 Å². The highest BCUT2D eigenvalue weighted by atomic mass is 35.5. The molecule has 0 aliphatic carbocycles. The molecule has 0 bridgehead atoms. The topological polar surface area (TPSA) is 57.6 Å². The number of benzene rings is 1. The number of nitrogens with zero attached hydrogens (tertiary/aromatic N) is 1. The number of carbonyl (C=O) groups is 2. The number of halogens is 1. The van der Waals surface area contributed by atoms with Gasteiger partial charge in [0.2, 0.25) is 5.91 Å². The summed E-state index contributed by atoms with van der Waals surface area (Å²) in [6.07, 6.45) is 1.26. The molecule has 1 fully saturated rings. The van der Waals surface area contributed by atoms with E-state index in [0.717, 1.165) is 12.0 Å². The quantitative estimate of drug-likeness (QED) is 0.903. The summed E-state index contributed by atoms with van der Waals surface area (Å²) < 4.78 is 0. The summed E-state index contributed by atoms with van der Waals surface area (Å²) in [5, 5.41) is 9.99. The zero-order chi connectivity index (χ0) is 15.5. The summed E-state index contributed by atoms with van der Waals surface area (Å²) in [5.74, 6) is -0.0584. The average molecular weight is 328 g/mol. The minimum Gasteiger partial charge on any atom is -0.480 e. The lowest BCUT2D eigenvalue weighted by Gasteiger charge is -2.31. The molecule has 1 aliphatic heterocycles. The van der Waals surface area contributed by atoms with Crippen molar-refractivity contribution >= 4 is 35.2 Å². The Kier molecular flexibility index (Phi) is 5.17. The first-order chi connectivity index (χ1) is 9.93. The lowest BCUT2D eigenvalue weighted by atomic mass is 9.99. The Morgan fingerprint density at radius 1 is 1.48 bits per heavy atom. The number of hydrogen-bond donors (Lipinski definition) is 1. The van der Waals surface area contributed by atoms with E-state index in [1.165, 1.54) is 16.7 Å². The third kappa shape index (κ3) is 3.71. The maximum absolute atomic E-state index is 12.2. The maximum Gasteiger partial charge on any atom is 0.329 e. The third-order valence-corrected chi connectivity index (χ3v) is 5.01. The van der Waals surface area contributed by atoms with Crippen LogP contribution < -0.4 is 0 Å². The molecule has 0 radical (unpaired) electrons. The van der Waals surface area contributed by atoms with Crippen molar-refractivity contribution in [3.05, 3.63) is 34.9 Å². The summed E-state index contributed by atoms with van der Waals surface area (Å²) in [6, 6.07) is 7.52. The van der Waals surface area contributed by atoms with E-state index in [1.54, 1.807) is 6.92 Å². The highest BCUT2D eigenvalue weighted by Crippen LogP contribution is 2.30. The van der Waals surface area contributed by atoms with Crippen molar-refractivity contribution in [3.63, 3.8) is 0 Å². The first-order valence-electron chi connectivity index (χ1n) is 6.79. The number of thioether (sulfide) groups is 1. The van der Waals surface area contributed by atoms with Gasteiger partial charge in [0.25, 0.3) is 0 Å². The summed E-state index contributed by atoms with van der Waals surface area (Å²) in [5.41, 5.74) is 0.0102. The minimum absolute atomic E-state index is 0.107.